The van der Waals surface area contributed by atoms with Gasteiger partial charge >= 0.3 is 0 Å². The van der Waals surface area contributed by atoms with Crippen LogP contribution in [0.4, 0.5) is 15.9 Å². The van der Waals surface area contributed by atoms with E-state index >= 15 is 0 Å². The van der Waals surface area contributed by atoms with Gasteiger partial charge in [-0.3, -0.25) is 4.79 Å². The number of nitrogens with zero attached hydrogens (tertiary/aromatic N) is 2. The molecule has 4 N–H and O–H groups in total. The Kier molecular flexibility index (Phi) is 3.67. The molecule has 6 nitrogen and oxygen atoms in total. The molecular weight excluding hydrogens is 249 g/mol. The van der Waals surface area contributed by atoms with Gasteiger partial charge in [0.05, 0.1) is 5.69 Å². The lowest BCUT2D eigenvalue weighted by atomic mass is 10.2. The van der Waals surface area contributed by atoms with Crippen LogP contribution >= 0.6 is 0 Å². The summed E-state index contributed by atoms with van der Waals surface area (Å²) >= 11 is 0. The summed E-state index contributed by atoms with van der Waals surface area (Å²) in [6, 6.07) is 7.48. The Bertz CT molecular complexity index is 579. The number of halogens is 1. The van der Waals surface area contributed by atoms with Crippen molar-refractivity contribution in [2.45, 2.75) is 6.92 Å². The minimum Gasteiger partial charge on any atom is -0.318 e. The Balaban J connectivity index is 2.20. The smallest absolute Gasteiger partial charge is 0.276 e. The van der Waals surface area contributed by atoms with Gasteiger partial charge in [0.15, 0.2) is 11.5 Å². The summed E-state index contributed by atoms with van der Waals surface area (Å²) in [7, 11) is 0. The maximum absolute atomic E-state index is 13.6. The normalized spacial score (nSPS) is 10.1. The van der Waals surface area contributed by atoms with E-state index in [1.54, 1.807) is 19.1 Å². The number of aryl methyl sites for hydroxylation is 1. The number of benzene rings is 1. The lowest BCUT2D eigenvalue weighted by Gasteiger charge is -2.08. The van der Waals surface area contributed by atoms with Crippen molar-refractivity contribution in [2.75, 3.05) is 10.7 Å². The average Bonchev–Trinajstić information content (AvgIpc) is 2.43. The summed E-state index contributed by atoms with van der Waals surface area (Å²) in [5.74, 6) is 4.43. The number of nitrogens with one attached hydrogen (secondary N) is 2. The van der Waals surface area contributed by atoms with Crippen LogP contribution in [0.2, 0.25) is 0 Å². The zero-order chi connectivity index (χ0) is 13.8. The number of hydrogen-bond acceptors (Lipinski definition) is 5. The van der Waals surface area contributed by atoms with Gasteiger partial charge in [-0.15, -0.1) is 10.2 Å². The second-order valence-electron chi connectivity index (χ2n) is 3.83. The zero-order valence-corrected chi connectivity index (χ0v) is 10.1. The molecule has 0 atom stereocenters. The average molecular weight is 261 g/mol. The van der Waals surface area contributed by atoms with Crippen molar-refractivity contribution in [1.82, 2.24) is 10.2 Å². The quantitative estimate of drug-likeness (QED) is 0.574. The van der Waals surface area contributed by atoms with E-state index in [-0.39, 0.29) is 11.4 Å². The van der Waals surface area contributed by atoms with E-state index in [0.29, 0.717) is 11.4 Å². The molecule has 0 saturated heterocycles. The predicted molar refractivity (Wildman–Crippen MR) is 68.9 cm³/mol. The summed E-state index contributed by atoms with van der Waals surface area (Å²) in [5, 5.41) is 9.81. The van der Waals surface area contributed by atoms with Gasteiger partial charge in [-0.1, -0.05) is 12.1 Å². The van der Waals surface area contributed by atoms with E-state index in [1.165, 1.54) is 18.2 Å². The fourth-order valence-electron chi connectivity index (χ4n) is 1.50. The van der Waals surface area contributed by atoms with Crippen LogP contribution in [0.25, 0.3) is 0 Å². The lowest BCUT2D eigenvalue weighted by Crippen LogP contribution is -2.17. The van der Waals surface area contributed by atoms with Crippen LogP contribution in [-0.2, 0) is 0 Å². The molecule has 0 bridgehead atoms. The van der Waals surface area contributed by atoms with E-state index in [2.05, 4.69) is 20.9 Å². The van der Waals surface area contributed by atoms with Crippen molar-refractivity contribution < 1.29 is 9.18 Å². The van der Waals surface area contributed by atoms with Crippen LogP contribution < -0.4 is 16.6 Å². The molecule has 98 valence electrons. The number of rotatable bonds is 3. The third-order valence-corrected chi connectivity index (χ3v) is 2.51. The molecule has 1 aromatic heterocycles. The van der Waals surface area contributed by atoms with Crippen LogP contribution in [0.15, 0.2) is 30.3 Å². The minimum atomic E-state index is -0.538. The topological polar surface area (TPSA) is 92.9 Å². The van der Waals surface area contributed by atoms with Gasteiger partial charge in [-0.25, -0.2) is 10.2 Å². The molecule has 0 spiro atoms. The van der Waals surface area contributed by atoms with E-state index in [0.717, 1.165) is 0 Å². The van der Waals surface area contributed by atoms with Crippen LogP contribution in [0.1, 0.15) is 16.1 Å². The maximum atomic E-state index is 13.6. The summed E-state index contributed by atoms with van der Waals surface area (Å²) in [6.45, 7) is 1.70. The predicted octanol–water partition coefficient (Wildman–Crippen LogP) is 1.46. The summed E-state index contributed by atoms with van der Waals surface area (Å²) in [6.07, 6.45) is 0. The first-order valence-corrected chi connectivity index (χ1v) is 5.48. The third-order valence-electron chi connectivity index (χ3n) is 2.51. The number of aromatic nitrogens is 2. The van der Waals surface area contributed by atoms with Crippen molar-refractivity contribution in [3.8, 4) is 0 Å². The Morgan fingerprint density at radius 1 is 1.26 bits per heavy atom. The van der Waals surface area contributed by atoms with Gasteiger partial charge in [-0.05, 0) is 30.7 Å². The molecule has 0 fully saturated rings. The number of nitrogen functional groups attached to an aromatic ring is 1. The fraction of sp³-hybridized carbons (Fsp3) is 0.0833. The number of hydrazine groups is 1. The van der Waals surface area contributed by atoms with Crippen molar-refractivity contribution >= 4 is 17.4 Å². The number of anilines is 2. The minimum absolute atomic E-state index is 0.0710. The van der Waals surface area contributed by atoms with Gasteiger partial charge in [-0.2, -0.15) is 0 Å². The third kappa shape index (κ3) is 2.83. The number of amides is 1. The van der Waals surface area contributed by atoms with E-state index < -0.39 is 11.7 Å². The maximum Gasteiger partial charge on any atom is 0.276 e. The van der Waals surface area contributed by atoms with Gasteiger partial charge in [0, 0.05) is 0 Å². The fourth-order valence-corrected chi connectivity index (χ4v) is 1.50. The van der Waals surface area contributed by atoms with Crippen LogP contribution in [0, 0.1) is 12.7 Å². The van der Waals surface area contributed by atoms with E-state index in [9.17, 15) is 9.18 Å². The van der Waals surface area contributed by atoms with Crippen LogP contribution in [-0.4, -0.2) is 16.1 Å². The molecule has 0 unspecified atom stereocenters. The van der Waals surface area contributed by atoms with Crippen molar-refractivity contribution in [3.05, 3.63) is 47.4 Å². The van der Waals surface area contributed by atoms with Crippen molar-refractivity contribution in [3.63, 3.8) is 0 Å². The zero-order valence-electron chi connectivity index (χ0n) is 10.1. The Morgan fingerprint density at radius 3 is 2.63 bits per heavy atom. The van der Waals surface area contributed by atoms with Gasteiger partial charge < -0.3 is 10.7 Å². The molecule has 1 amide bonds. The monoisotopic (exact) mass is 261 g/mol. The number of hydrogen-bond donors (Lipinski definition) is 3. The molecule has 2 rings (SSSR count). The van der Waals surface area contributed by atoms with Gasteiger partial charge in [0.2, 0.25) is 0 Å². The molecule has 1 aromatic carbocycles. The molecule has 0 aliphatic heterocycles. The molecule has 0 radical (unpaired) electrons. The van der Waals surface area contributed by atoms with E-state index in [4.69, 9.17) is 5.84 Å². The number of carbonyl (C=O) groups excluding carboxylic acids is 1. The second kappa shape index (κ2) is 5.40. The van der Waals surface area contributed by atoms with Crippen LogP contribution in [0.3, 0.4) is 0 Å². The Hall–Kier alpha value is -2.54. The van der Waals surface area contributed by atoms with Gasteiger partial charge in [0.25, 0.3) is 5.91 Å². The highest BCUT2D eigenvalue weighted by molar-refractivity contribution is 6.03. The summed E-state index contributed by atoms with van der Waals surface area (Å²) in [4.78, 5) is 11.9. The van der Waals surface area contributed by atoms with E-state index in [1.807, 2.05) is 0 Å². The number of carbonyl (C=O) groups is 1. The first-order valence-electron chi connectivity index (χ1n) is 5.48. The van der Waals surface area contributed by atoms with Crippen LogP contribution in [0.5, 0.6) is 0 Å². The molecule has 19 heavy (non-hydrogen) atoms. The summed E-state index contributed by atoms with van der Waals surface area (Å²) < 4.78 is 13.6. The Labute approximate surface area is 108 Å². The molecule has 0 aliphatic rings. The molecule has 0 aliphatic carbocycles. The lowest BCUT2D eigenvalue weighted by molar-refractivity contribution is 0.102. The number of nitrogens with two attached hydrogens (primary N) is 1. The molecule has 2 aromatic rings. The SMILES string of the molecule is Cc1cccc(F)c1NC(=O)c1ccc(NN)nn1. The largest absolute Gasteiger partial charge is 0.318 e. The highest BCUT2D eigenvalue weighted by Crippen LogP contribution is 2.19. The first-order chi connectivity index (χ1) is 9.11. The van der Waals surface area contributed by atoms with Crippen molar-refractivity contribution in [2.24, 2.45) is 5.84 Å². The molecule has 0 saturated carbocycles. The first kappa shape index (κ1) is 12.9. The number of para-hydroxylation sites is 1. The summed E-state index contributed by atoms with van der Waals surface area (Å²) in [5.41, 5.74) is 3.13. The van der Waals surface area contributed by atoms with Gasteiger partial charge in [0.1, 0.15) is 5.82 Å². The second-order valence-corrected chi connectivity index (χ2v) is 3.83. The molecular formula is C12H12FN5O. The highest BCUT2D eigenvalue weighted by Gasteiger charge is 2.12. The molecule has 7 heteroatoms. The van der Waals surface area contributed by atoms with Crippen molar-refractivity contribution in [1.29, 1.82) is 0 Å². The Morgan fingerprint density at radius 2 is 2.05 bits per heavy atom. The highest BCUT2D eigenvalue weighted by atomic mass is 19.1. The standard InChI is InChI=1S/C12H12FN5O/c1-7-3-2-4-8(13)11(7)15-12(19)9-5-6-10(16-14)18-17-9/h2-6H,14H2,1H3,(H,15,19)(H,16,18). The molecule has 1 heterocycles.